The number of carbonyl (C=O) groups is 1. The van der Waals surface area contributed by atoms with Gasteiger partial charge in [0.25, 0.3) is 5.56 Å². The number of β-amino-alcohol motifs (C(OH)–C–C–N with tert-alkyl or cyclic N) is 1. The standard InChI is InChI=1S/C24H31N5O4S/c1-3-13-33-14-11-29-20-15-18(22-5-4-21(34-22)17(2)31)25-16-19(20)26-23(24(29)32)28-8-6-27(7-9-28)10-12-30/h4-5,15-16,30H,3,6-14H2,1-2H3. The summed E-state index contributed by atoms with van der Waals surface area (Å²) >= 11 is 1.39. The van der Waals surface area contributed by atoms with Crippen LogP contribution in [-0.4, -0.2) is 82.9 Å². The number of aliphatic hydroxyl groups is 1. The molecule has 0 unspecified atom stereocenters. The van der Waals surface area contributed by atoms with E-state index in [0.717, 1.165) is 24.4 Å². The van der Waals surface area contributed by atoms with Crippen molar-refractivity contribution in [2.45, 2.75) is 26.8 Å². The van der Waals surface area contributed by atoms with Crippen LogP contribution >= 0.6 is 11.3 Å². The molecule has 1 N–H and O–H groups in total. The van der Waals surface area contributed by atoms with E-state index in [2.05, 4.69) is 16.8 Å². The van der Waals surface area contributed by atoms with Gasteiger partial charge in [0.2, 0.25) is 0 Å². The number of Topliss-reactive ketones (excluding diaryl/α,β-unsaturated/α-hetero) is 1. The van der Waals surface area contributed by atoms with E-state index in [1.807, 2.05) is 17.0 Å². The van der Waals surface area contributed by atoms with Crippen LogP contribution in [0.15, 0.2) is 29.2 Å². The SMILES string of the molecule is CCCOCCn1c(=O)c(N2CCN(CCO)CC2)nc2cnc(-c3ccc(C(C)=O)s3)cc21. The molecule has 4 heterocycles. The van der Waals surface area contributed by atoms with E-state index in [-0.39, 0.29) is 17.9 Å². The van der Waals surface area contributed by atoms with Gasteiger partial charge in [0.15, 0.2) is 11.6 Å². The lowest BCUT2D eigenvalue weighted by atomic mass is 10.2. The van der Waals surface area contributed by atoms with E-state index >= 15 is 0 Å². The van der Waals surface area contributed by atoms with Crippen LogP contribution < -0.4 is 10.5 Å². The van der Waals surface area contributed by atoms with Gasteiger partial charge in [-0.2, -0.15) is 0 Å². The largest absolute Gasteiger partial charge is 0.395 e. The number of rotatable bonds is 10. The maximum absolute atomic E-state index is 13.6. The average Bonchev–Trinajstić information content (AvgIpc) is 3.34. The van der Waals surface area contributed by atoms with E-state index < -0.39 is 0 Å². The van der Waals surface area contributed by atoms with Gasteiger partial charge in [-0.25, -0.2) is 4.98 Å². The minimum atomic E-state index is -0.143. The van der Waals surface area contributed by atoms with Gasteiger partial charge in [-0.15, -0.1) is 11.3 Å². The number of anilines is 1. The molecule has 0 amide bonds. The highest BCUT2D eigenvalue weighted by atomic mass is 32.1. The predicted molar refractivity (Wildman–Crippen MR) is 134 cm³/mol. The van der Waals surface area contributed by atoms with Crippen molar-refractivity contribution in [2.75, 3.05) is 57.4 Å². The number of aliphatic hydroxyl groups excluding tert-OH is 1. The van der Waals surface area contributed by atoms with Gasteiger partial charge in [-0.05, 0) is 31.5 Å². The van der Waals surface area contributed by atoms with Gasteiger partial charge < -0.3 is 19.3 Å². The molecule has 0 bridgehead atoms. The molecule has 0 aliphatic carbocycles. The van der Waals surface area contributed by atoms with Crippen molar-refractivity contribution in [2.24, 2.45) is 0 Å². The number of carbonyl (C=O) groups excluding carboxylic acids is 1. The summed E-state index contributed by atoms with van der Waals surface area (Å²) in [5.41, 5.74) is 1.92. The Bertz CT molecular complexity index is 1200. The number of ether oxygens (including phenoxy) is 1. The summed E-state index contributed by atoms with van der Waals surface area (Å²) in [7, 11) is 0. The Morgan fingerprint density at radius 2 is 1.97 bits per heavy atom. The van der Waals surface area contributed by atoms with Crippen molar-refractivity contribution in [1.29, 1.82) is 0 Å². The third kappa shape index (κ3) is 5.35. The van der Waals surface area contributed by atoms with Crippen LogP contribution in [-0.2, 0) is 11.3 Å². The Balaban J connectivity index is 1.71. The summed E-state index contributed by atoms with van der Waals surface area (Å²) in [4.78, 5) is 40.3. The highest BCUT2D eigenvalue weighted by molar-refractivity contribution is 7.17. The minimum Gasteiger partial charge on any atom is -0.395 e. The molecular weight excluding hydrogens is 454 g/mol. The van der Waals surface area contributed by atoms with Crippen molar-refractivity contribution in [3.05, 3.63) is 39.6 Å². The maximum Gasteiger partial charge on any atom is 0.294 e. The van der Waals surface area contributed by atoms with E-state index in [1.165, 1.54) is 11.3 Å². The maximum atomic E-state index is 13.6. The summed E-state index contributed by atoms with van der Waals surface area (Å²) < 4.78 is 7.42. The lowest BCUT2D eigenvalue weighted by Crippen LogP contribution is -2.49. The third-order valence-corrected chi connectivity index (χ3v) is 7.13. The summed E-state index contributed by atoms with van der Waals surface area (Å²) in [6, 6.07) is 5.57. The number of pyridine rings is 1. The zero-order chi connectivity index (χ0) is 24.1. The second-order valence-electron chi connectivity index (χ2n) is 8.34. The molecule has 1 fully saturated rings. The molecule has 3 aromatic rings. The first-order chi connectivity index (χ1) is 16.5. The number of ketones is 1. The first-order valence-corrected chi connectivity index (χ1v) is 12.5. The summed E-state index contributed by atoms with van der Waals surface area (Å²) in [5, 5.41) is 9.20. The van der Waals surface area contributed by atoms with Gasteiger partial charge in [0.1, 0.15) is 5.52 Å². The van der Waals surface area contributed by atoms with Crippen LogP contribution in [0.1, 0.15) is 29.9 Å². The fourth-order valence-corrected chi connectivity index (χ4v) is 4.96. The Kier molecular flexibility index (Phi) is 8.04. The molecule has 1 aliphatic rings. The van der Waals surface area contributed by atoms with Crippen LogP contribution in [0, 0.1) is 0 Å². The van der Waals surface area contributed by atoms with E-state index in [1.54, 1.807) is 23.8 Å². The summed E-state index contributed by atoms with van der Waals surface area (Å²) in [6.45, 7) is 8.76. The van der Waals surface area contributed by atoms with E-state index in [9.17, 15) is 14.7 Å². The van der Waals surface area contributed by atoms with Gasteiger partial charge in [-0.3, -0.25) is 19.5 Å². The molecule has 0 radical (unpaired) electrons. The van der Waals surface area contributed by atoms with Crippen molar-refractivity contribution in [1.82, 2.24) is 19.4 Å². The first kappa shape index (κ1) is 24.5. The molecule has 0 atom stereocenters. The second kappa shape index (κ2) is 11.2. The van der Waals surface area contributed by atoms with Gasteiger partial charge >= 0.3 is 0 Å². The quantitative estimate of drug-likeness (QED) is 0.345. The van der Waals surface area contributed by atoms with E-state index in [0.29, 0.717) is 66.8 Å². The molecule has 34 heavy (non-hydrogen) atoms. The number of fused-ring (bicyclic) bond motifs is 1. The Morgan fingerprint density at radius 1 is 1.18 bits per heavy atom. The molecule has 4 rings (SSSR count). The molecule has 0 saturated carbocycles. The molecule has 3 aromatic heterocycles. The Labute approximate surface area is 202 Å². The van der Waals surface area contributed by atoms with Crippen LogP contribution in [0.4, 0.5) is 5.82 Å². The van der Waals surface area contributed by atoms with E-state index in [4.69, 9.17) is 9.72 Å². The van der Waals surface area contributed by atoms with Crippen molar-refractivity contribution in [3.63, 3.8) is 0 Å². The number of thiophene rings is 1. The highest BCUT2D eigenvalue weighted by Crippen LogP contribution is 2.29. The molecule has 182 valence electrons. The lowest BCUT2D eigenvalue weighted by Gasteiger charge is -2.34. The fraction of sp³-hybridized carbons (Fsp3) is 0.500. The normalized spacial score (nSPS) is 14.7. The molecular formula is C24H31N5O4S. The fourth-order valence-electron chi connectivity index (χ4n) is 4.09. The number of hydrogen-bond acceptors (Lipinski definition) is 9. The Hall–Kier alpha value is -2.66. The topological polar surface area (TPSA) is 101 Å². The molecule has 0 aromatic carbocycles. The van der Waals surface area contributed by atoms with Gasteiger partial charge in [0, 0.05) is 45.9 Å². The molecule has 10 heteroatoms. The van der Waals surface area contributed by atoms with Crippen molar-refractivity contribution >= 4 is 34.0 Å². The van der Waals surface area contributed by atoms with Crippen molar-refractivity contribution in [3.8, 4) is 10.6 Å². The van der Waals surface area contributed by atoms with Gasteiger partial charge in [0.05, 0.1) is 40.4 Å². The number of hydrogen-bond donors (Lipinski definition) is 1. The smallest absolute Gasteiger partial charge is 0.294 e. The lowest BCUT2D eigenvalue weighted by molar-refractivity contribution is 0.102. The number of nitrogens with zero attached hydrogens (tertiary/aromatic N) is 5. The van der Waals surface area contributed by atoms with Crippen LogP contribution in [0.25, 0.3) is 21.6 Å². The minimum absolute atomic E-state index is 0.0208. The zero-order valence-corrected chi connectivity index (χ0v) is 20.5. The third-order valence-electron chi connectivity index (χ3n) is 5.92. The zero-order valence-electron chi connectivity index (χ0n) is 19.7. The summed E-state index contributed by atoms with van der Waals surface area (Å²) in [6.07, 6.45) is 2.62. The van der Waals surface area contributed by atoms with Crippen molar-refractivity contribution < 1.29 is 14.6 Å². The molecule has 9 nitrogen and oxygen atoms in total. The first-order valence-electron chi connectivity index (χ1n) is 11.7. The summed E-state index contributed by atoms with van der Waals surface area (Å²) in [5.74, 6) is 0.448. The van der Waals surface area contributed by atoms with Crippen LogP contribution in [0.5, 0.6) is 0 Å². The number of aromatic nitrogens is 3. The van der Waals surface area contributed by atoms with Gasteiger partial charge in [-0.1, -0.05) is 6.92 Å². The van der Waals surface area contributed by atoms with Crippen LogP contribution in [0.2, 0.25) is 0 Å². The van der Waals surface area contributed by atoms with Crippen LogP contribution in [0.3, 0.4) is 0 Å². The molecule has 0 spiro atoms. The second-order valence-corrected chi connectivity index (χ2v) is 9.42. The predicted octanol–water partition coefficient (Wildman–Crippen LogP) is 2.26. The Morgan fingerprint density at radius 3 is 2.65 bits per heavy atom. The average molecular weight is 486 g/mol. The molecule has 1 saturated heterocycles. The highest BCUT2D eigenvalue weighted by Gasteiger charge is 2.22. The molecule has 1 aliphatic heterocycles. The monoisotopic (exact) mass is 485 g/mol. The number of piperazine rings is 1.